The number of hydrogen-bond acceptors (Lipinski definition) is 16. The Hall–Kier alpha value is -6.06. The van der Waals surface area contributed by atoms with Crippen LogP contribution < -0.4 is 10.2 Å². The van der Waals surface area contributed by atoms with Gasteiger partial charge in [0.1, 0.15) is 11.1 Å². The molecular formula is C41H44O16-2. The lowest BCUT2D eigenvalue weighted by atomic mass is 9.67. The van der Waals surface area contributed by atoms with Crippen LogP contribution in [-0.4, -0.2) is 59.0 Å². The fourth-order valence-electron chi connectivity index (χ4n) is 6.22. The van der Waals surface area contributed by atoms with Crippen LogP contribution >= 0.6 is 0 Å². The van der Waals surface area contributed by atoms with Gasteiger partial charge in [-0.3, -0.25) is 0 Å². The molecule has 1 saturated carbocycles. The minimum atomic E-state index is -2.42. The highest BCUT2D eigenvalue weighted by Gasteiger charge is 2.53. The van der Waals surface area contributed by atoms with Crippen molar-refractivity contribution in [2.24, 2.45) is 11.3 Å². The molecule has 16 nitrogen and oxygen atoms in total. The summed E-state index contributed by atoms with van der Waals surface area (Å²) < 4.78 is 42.7. The van der Waals surface area contributed by atoms with E-state index >= 15 is 0 Å². The van der Waals surface area contributed by atoms with Crippen molar-refractivity contribution in [1.82, 2.24) is 0 Å². The van der Waals surface area contributed by atoms with Gasteiger partial charge in [0.15, 0.2) is 0 Å². The minimum Gasteiger partial charge on any atom is -0.571 e. The Balaban J connectivity index is 1.24. The second-order valence-electron chi connectivity index (χ2n) is 15.6. The average Bonchev–Trinajstić information content (AvgIpc) is 3.07. The first-order valence-electron chi connectivity index (χ1n) is 18.1. The largest absolute Gasteiger partial charge is 0.571 e. The standard InChI is InChI=1S/C41H46O16/c1-22(2)38(7)18-20-41(21-19-38)56-35(48)28(36(49)57-41)17-13-24(4)12-16-27-33(46)54-40(9,55-34(27)47)39(8)52-31(44)26(32(45)53-39)15-11-23(3)10-14-25-29(42)50-37(5,6)51-30(25)43/h10-17,22,44,46H,18-21H2,1-9H3/p-2/b15-11+,16-12+,23-10+,24-13+,28-17?. The smallest absolute Gasteiger partial charge is 0.348 e. The van der Waals surface area contributed by atoms with Crippen LogP contribution in [0.25, 0.3) is 0 Å². The molecule has 0 aromatic carbocycles. The summed E-state index contributed by atoms with van der Waals surface area (Å²) in [6.07, 6.45) is 12.1. The Kier molecular flexibility index (Phi) is 11.2. The lowest BCUT2D eigenvalue weighted by Crippen LogP contribution is -2.62. The number of carbonyl (C=O) groups excluding carboxylic acids is 6. The molecule has 0 radical (unpaired) electrons. The third-order valence-electron chi connectivity index (χ3n) is 10.6. The van der Waals surface area contributed by atoms with Gasteiger partial charge in [0.05, 0.1) is 23.0 Å². The number of cyclic esters (lactones) is 4. The van der Waals surface area contributed by atoms with Gasteiger partial charge in [0, 0.05) is 26.7 Å². The lowest BCUT2D eigenvalue weighted by Gasteiger charge is -2.55. The summed E-state index contributed by atoms with van der Waals surface area (Å²) in [5.74, 6) is -15.4. The highest BCUT2D eigenvalue weighted by atomic mass is 16.8. The number of esters is 6. The first-order valence-corrected chi connectivity index (χ1v) is 18.1. The molecule has 2 saturated heterocycles. The Morgan fingerprint density at radius 1 is 0.544 bits per heavy atom. The first kappa shape index (κ1) is 42.1. The van der Waals surface area contributed by atoms with Gasteiger partial charge < -0.3 is 48.1 Å². The third kappa shape index (κ3) is 8.69. The van der Waals surface area contributed by atoms with Gasteiger partial charge in [-0.15, -0.1) is 0 Å². The minimum absolute atomic E-state index is 0.0449. The fraction of sp³-hybridized carbons (Fsp3) is 0.463. The van der Waals surface area contributed by atoms with E-state index in [1.165, 1.54) is 51.2 Å². The number of ether oxygens (including phenoxy) is 8. The Bertz CT molecular complexity index is 2000. The zero-order valence-electron chi connectivity index (χ0n) is 33.1. The molecule has 1 aliphatic carbocycles. The first-order chi connectivity index (χ1) is 26.4. The van der Waals surface area contributed by atoms with E-state index in [2.05, 4.69) is 20.8 Å². The predicted octanol–water partition coefficient (Wildman–Crippen LogP) is 3.44. The van der Waals surface area contributed by atoms with Gasteiger partial charge in [-0.25, -0.2) is 28.8 Å². The SMILES string of the molecule is CC(/C=C/C1=C([O-])OC(C)(C2(C)OC(=O)C(/C=C/C(C)=C/C=C3C(=O)OC4(CCC(C)(C(C)C)CC4)OC3=O)=C([O-])O2)OC1=O)=C\C=C1C(=O)OC(C)(C)OC1=O. The number of rotatable bonds is 8. The van der Waals surface area contributed by atoms with Crippen molar-refractivity contribution >= 4 is 35.8 Å². The molecule has 0 N–H and O–H groups in total. The lowest BCUT2D eigenvalue weighted by molar-refractivity contribution is -0.464. The van der Waals surface area contributed by atoms with Crippen molar-refractivity contribution in [2.75, 3.05) is 0 Å². The van der Waals surface area contributed by atoms with Gasteiger partial charge in [-0.05, 0) is 76.2 Å². The molecule has 4 heterocycles. The molecule has 4 aliphatic heterocycles. The summed E-state index contributed by atoms with van der Waals surface area (Å²) >= 11 is 0. The van der Waals surface area contributed by atoms with Crippen molar-refractivity contribution in [3.05, 3.63) is 93.9 Å². The van der Waals surface area contributed by atoms with Crippen molar-refractivity contribution in [3.63, 3.8) is 0 Å². The van der Waals surface area contributed by atoms with Gasteiger partial charge in [0.25, 0.3) is 11.6 Å². The molecular weight excluding hydrogens is 748 g/mol. The molecule has 306 valence electrons. The highest BCUT2D eigenvalue weighted by molar-refractivity contribution is 6.16. The van der Waals surface area contributed by atoms with E-state index in [0.717, 1.165) is 44.9 Å². The van der Waals surface area contributed by atoms with Gasteiger partial charge in [0.2, 0.25) is 11.6 Å². The van der Waals surface area contributed by atoms with Crippen LogP contribution in [0.4, 0.5) is 0 Å². The molecule has 5 rings (SSSR count). The second-order valence-corrected chi connectivity index (χ2v) is 15.6. The van der Waals surface area contributed by atoms with E-state index in [1.807, 2.05) is 0 Å². The Morgan fingerprint density at radius 2 is 0.912 bits per heavy atom. The molecule has 5 aliphatic rings. The molecule has 2 unspecified atom stereocenters. The van der Waals surface area contributed by atoms with Crippen LogP contribution in [0.1, 0.15) is 88.0 Å². The van der Waals surface area contributed by atoms with Gasteiger partial charge in [-0.1, -0.05) is 56.2 Å². The van der Waals surface area contributed by atoms with Crippen LogP contribution in [0.3, 0.4) is 0 Å². The van der Waals surface area contributed by atoms with Crippen LogP contribution in [0.5, 0.6) is 0 Å². The molecule has 1 spiro atoms. The molecule has 57 heavy (non-hydrogen) atoms. The maximum absolute atomic E-state index is 13.1. The van der Waals surface area contributed by atoms with E-state index in [1.54, 1.807) is 6.92 Å². The Morgan fingerprint density at radius 3 is 1.26 bits per heavy atom. The molecule has 0 amide bonds. The van der Waals surface area contributed by atoms with Gasteiger partial charge >= 0.3 is 35.8 Å². The molecule has 16 heteroatoms. The number of allylic oxidation sites excluding steroid dienone is 8. The molecule has 3 fully saturated rings. The van der Waals surface area contributed by atoms with E-state index in [0.29, 0.717) is 29.9 Å². The quantitative estimate of drug-likeness (QED) is 0.113. The average molecular weight is 793 g/mol. The number of carbonyl (C=O) groups is 6. The maximum atomic E-state index is 13.1. The topological polar surface area (TPSA) is 222 Å². The van der Waals surface area contributed by atoms with Crippen LogP contribution in [-0.2, 0) is 66.7 Å². The maximum Gasteiger partial charge on any atom is 0.348 e. The number of hydrogen-bond donors (Lipinski definition) is 0. The molecule has 2 atom stereocenters. The predicted molar refractivity (Wildman–Crippen MR) is 190 cm³/mol. The van der Waals surface area contributed by atoms with E-state index < -0.39 is 82.0 Å². The normalized spacial score (nSPS) is 31.1. The zero-order chi connectivity index (χ0) is 42.3. The highest BCUT2D eigenvalue weighted by Crippen LogP contribution is 2.48. The van der Waals surface area contributed by atoms with Gasteiger partial charge in [-0.2, -0.15) is 0 Å². The summed E-state index contributed by atoms with van der Waals surface area (Å²) in [6, 6.07) is 0. The summed E-state index contributed by atoms with van der Waals surface area (Å²) in [7, 11) is 0. The van der Waals surface area contributed by atoms with Crippen molar-refractivity contribution in [2.45, 2.75) is 111 Å². The van der Waals surface area contributed by atoms with Crippen LogP contribution in [0, 0.1) is 11.3 Å². The summed E-state index contributed by atoms with van der Waals surface area (Å²) in [5, 5.41) is 26.0. The van der Waals surface area contributed by atoms with Crippen LogP contribution in [0.15, 0.2) is 93.9 Å². The molecule has 0 bridgehead atoms. The monoisotopic (exact) mass is 792 g/mol. The summed E-state index contributed by atoms with van der Waals surface area (Å²) in [4.78, 5) is 76.1. The summed E-state index contributed by atoms with van der Waals surface area (Å²) in [5.41, 5.74) is -1.04. The van der Waals surface area contributed by atoms with E-state index in [4.69, 9.17) is 37.9 Å². The van der Waals surface area contributed by atoms with E-state index in [9.17, 15) is 39.0 Å². The second kappa shape index (κ2) is 15.1. The van der Waals surface area contributed by atoms with Crippen molar-refractivity contribution < 1.29 is 76.9 Å². The van der Waals surface area contributed by atoms with Crippen molar-refractivity contribution in [3.8, 4) is 0 Å². The summed E-state index contributed by atoms with van der Waals surface area (Å²) in [6.45, 7) is 14.5. The molecule has 0 aromatic heterocycles. The Labute approximate surface area is 328 Å². The third-order valence-corrected chi connectivity index (χ3v) is 10.6. The molecule has 0 aromatic rings. The zero-order valence-corrected chi connectivity index (χ0v) is 33.1. The van der Waals surface area contributed by atoms with Crippen LogP contribution in [0.2, 0.25) is 0 Å². The van der Waals surface area contributed by atoms with Crippen molar-refractivity contribution in [1.29, 1.82) is 0 Å². The van der Waals surface area contributed by atoms with E-state index in [-0.39, 0.29) is 16.6 Å². The fourth-order valence-corrected chi connectivity index (χ4v) is 6.22.